The van der Waals surface area contributed by atoms with E-state index < -0.39 is 11.4 Å². The predicted molar refractivity (Wildman–Crippen MR) is 108 cm³/mol. The Morgan fingerprint density at radius 3 is 2.54 bits per heavy atom. The summed E-state index contributed by atoms with van der Waals surface area (Å²) in [4.78, 5) is 14.3. The molecule has 1 saturated heterocycles. The Morgan fingerprint density at radius 1 is 1.00 bits per heavy atom. The van der Waals surface area contributed by atoms with Crippen molar-refractivity contribution in [3.63, 3.8) is 0 Å². The fourth-order valence-corrected chi connectivity index (χ4v) is 6.71. The zero-order valence-corrected chi connectivity index (χ0v) is 16.2. The van der Waals surface area contributed by atoms with E-state index in [1.54, 1.807) is 5.56 Å². The van der Waals surface area contributed by atoms with Gasteiger partial charge in [0, 0.05) is 24.5 Å². The number of aliphatic carboxylic acids is 1. The van der Waals surface area contributed by atoms with Crippen LogP contribution in [0, 0.1) is 11.3 Å². The lowest BCUT2D eigenvalue weighted by Gasteiger charge is -2.33. The molecule has 0 amide bonds. The lowest BCUT2D eigenvalue weighted by atomic mass is 9.73. The first-order valence-corrected chi connectivity index (χ1v) is 10.7. The molecule has 1 N–H and O–H groups in total. The average molecular weight is 373 g/mol. The first-order valence-electron chi connectivity index (χ1n) is 10.7. The van der Waals surface area contributed by atoms with Crippen LogP contribution in [0.15, 0.2) is 48.5 Å². The number of likely N-dealkylation sites (tertiary alicyclic amines) is 1. The number of benzene rings is 2. The Labute approximate surface area is 166 Å². The normalized spacial score (nSPS) is 35.9. The van der Waals surface area contributed by atoms with E-state index in [4.69, 9.17) is 0 Å². The van der Waals surface area contributed by atoms with Gasteiger partial charge in [0.15, 0.2) is 0 Å². The van der Waals surface area contributed by atoms with Crippen molar-refractivity contribution in [2.24, 2.45) is 11.3 Å². The van der Waals surface area contributed by atoms with Crippen molar-refractivity contribution < 1.29 is 9.90 Å². The Kier molecular flexibility index (Phi) is 3.42. The van der Waals surface area contributed by atoms with Gasteiger partial charge in [-0.1, -0.05) is 48.5 Å². The van der Waals surface area contributed by atoms with Crippen molar-refractivity contribution in [3.05, 3.63) is 70.8 Å². The number of carboxylic acid groups (broad SMARTS) is 1. The van der Waals surface area contributed by atoms with E-state index in [9.17, 15) is 9.90 Å². The summed E-state index contributed by atoms with van der Waals surface area (Å²) in [6, 6.07) is 18.6. The molecule has 1 spiro atoms. The van der Waals surface area contributed by atoms with Crippen molar-refractivity contribution in [1.29, 1.82) is 0 Å². The van der Waals surface area contributed by atoms with Crippen molar-refractivity contribution in [1.82, 2.24) is 4.90 Å². The molecule has 144 valence electrons. The molecule has 0 bridgehead atoms. The van der Waals surface area contributed by atoms with Crippen LogP contribution in [0.5, 0.6) is 0 Å². The van der Waals surface area contributed by atoms with Gasteiger partial charge in [-0.15, -0.1) is 0 Å². The van der Waals surface area contributed by atoms with Crippen LogP contribution in [0.3, 0.4) is 0 Å². The van der Waals surface area contributed by atoms with Gasteiger partial charge in [-0.2, -0.15) is 0 Å². The maximum Gasteiger partial charge on any atom is 0.311 e. The van der Waals surface area contributed by atoms with Gasteiger partial charge in [-0.3, -0.25) is 9.69 Å². The van der Waals surface area contributed by atoms with Gasteiger partial charge in [0.25, 0.3) is 0 Å². The summed E-state index contributed by atoms with van der Waals surface area (Å²) in [5.41, 5.74) is 5.80. The molecule has 2 aromatic rings. The standard InChI is InChI=1S/C25H27NO2/c27-23(28)25-13-20(25)15-26(16-25)21-9-10-24(14-21)12-19-7-2-1-5-17(19)11-18-6-3-4-8-22(18)24/h1-8,20-21H,9-16H2,(H,27,28). The van der Waals surface area contributed by atoms with E-state index in [-0.39, 0.29) is 5.41 Å². The topological polar surface area (TPSA) is 40.5 Å². The molecule has 6 rings (SSSR count). The molecule has 3 nitrogen and oxygen atoms in total. The molecular weight excluding hydrogens is 346 g/mol. The lowest BCUT2D eigenvalue weighted by molar-refractivity contribution is -0.143. The quantitative estimate of drug-likeness (QED) is 0.864. The van der Waals surface area contributed by atoms with Gasteiger partial charge < -0.3 is 5.11 Å². The van der Waals surface area contributed by atoms with Crippen LogP contribution in [0.1, 0.15) is 47.9 Å². The highest BCUT2D eigenvalue weighted by Crippen LogP contribution is 2.60. The van der Waals surface area contributed by atoms with E-state index in [0.717, 1.165) is 32.4 Å². The van der Waals surface area contributed by atoms with Gasteiger partial charge in [-0.25, -0.2) is 0 Å². The SMILES string of the molecule is O=C(O)C12CC1CN(C1CCC3(Cc4ccccc4Cc4ccccc43)C1)C2. The zero-order valence-electron chi connectivity index (χ0n) is 16.2. The summed E-state index contributed by atoms with van der Waals surface area (Å²) in [7, 11) is 0. The van der Waals surface area contributed by atoms with Gasteiger partial charge in [-0.05, 0) is 66.7 Å². The minimum Gasteiger partial charge on any atom is -0.481 e. The minimum absolute atomic E-state index is 0.205. The maximum atomic E-state index is 11.7. The molecule has 1 heterocycles. The van der Waals surface area contributed by atoms with Crippen molar-refractivity contribution in [3.8, 4) is 0 Å². The highest BCUT2D eigenvalue weighted by atomic mass is 16.4. The molecule has 0 radical (unpaired) electrons. The van der Waals surface area contributed by atoms with E-state index in [1.165, 1.54) is 36.0 Å². The number of carbonyl (C=O) groups is 1. The van der Waals surface area contributed by atoms with Crippen LogP contribution in [0.25, 0.3) is 0 Å². The highest BCUT2D eigenvalue weighted by Gasteiger charge is 2.66. The number of hydrogen-bond donors (Lipinski definition) is 1. The number of fused-ring (bicyclic) bond motifs is 4. The smallest absolute Gasteiger partial charge is 0.311 e. The molecule has 3 heteroatoms. The van der Waals surface area contributed by atoms with E-state index in [0.29, 0.717) is 12.0 Å². The number of nitrogens with zero attached hydrogens (tertiary/aromatic N) is 1. The monoisotopic (exact) mass is 373 g/mol. The molecule has 3 aliphatic carbocycles. The fourth-order valence-electron chi connectivity index (χ4n) is 6.71. The molecule has 4 aliphatic rings. The third kappa shape index (κ3) is 2.29. The largest absolute Gasteiger partial charge is 0.481 e. The van der Waals surface area contributed by atoms with Crippen molar-refractivity contribution in [2.45, 2.75) is 50.0 Å². The molecule has 4 atom stereocenters. The van der Waals surface area contributed by atoms with Crippen LogP contribution in [-0.2, 0) is 23.1 Å². The van der Waals surface area contributed by atoms with E-state index in [1.807, 2.05) is 0 Å². The molecule has 3 fully saturated rings. The highest BCUT2D eigenvalue weighted by molar-refractivity contribution is 5.79. The predicted octanol–water partition coefficient (Wildman–Crippen LogP) is 4.03. The molecular formula is C25H27NO2. The first kappa shape index (κ1) is 16.8. The van der Waals surface area contributed by atoms with E-state index in [2.05, 4.69) is 53.4 Å². The number of rotatable bonds is 2. The summed E-state index contributed by atoms with van der Waals surface area (Å²) in [6.07, 6.45) is 6.63. The van der Waals surface area contributed by atoms with Gasteiger partial charge in [0.2, 0.25) is 0 Å². The Morgan fingerprint density at radius 2 is 1.75 bits per heavy atom. The summed E-state index contributed by atoms with van der Waals surface area (Å²) in [5, 5.41) is 9.67. The lowest BCUT2D eigenvalue weighted by Crippen LogP contribution is -2.37. The second-order valence-electron chi connectivity index (χ2n) is 9.75. The van der Waals surface area contributed by atoms with Crippen LogP contribution in [0.4, 0.5) is 0 Å². The fraction of sp³-hybridized carbons (Fsp3) is 0.480. The summed E-state index contributed by atoms with van der Waals surface area (Å²) < 4.78 is 0. The van der Waals surface area contributed by atoms with Crippen LogP contribution < -0.4 is 0 Å². The van der Waals surface area contributed by atoms with Crippen LogP contribution in [-0.4, -0.2) is 35.1 Å². The first-order chi connectivity index (χ1) is 13.6. The number of hydrogen-bond acceptors (Lipinski definition) is 2. The van der Waals surface area contributed by atoms with Gasteiger partial charge >= 0.3 is 5.97 Å². The summed E-state index contributed by atoms with van der Waals surface area (Å²) in [6.45, 7) is 1.76. The third-order valence-electron chi connectivity index (χ3n) is 8.31. The number of piperidine rings is 1. The van der Waals surface area contributed by atoms with Crippen LogP contribution >= 0.6 is 0 Å². The molecule has 2 saturated carbocycles. The van der Waals surface area contributed by atoms with Crippen LogP contribution in [0.2, 0.25) is 0 Å². The number of carboxylic acids is 1. The maximum absolute atomic E-state index is 11.7. The average Bonchev–Trinajstić information content (AvgIpc) is 3.07. The molecule has 2 aromatic carbocycles. The van der Waals surface area contributed by atoms with Gasteiger partial charge in [0.05, 0.1) is 5.41 Å². The van der Waals surface area contributed by atoms with Crippen molar-refractivity contribution >= 4 is 5.97 Å². The Balaban J connectivity index is 1.34. The third-order valence-corrected chi connectivity index (χ3v) is 8.31. The second-order valence-corrected chi connectivity index (χ2v) is 9.75. The second kappa shape index (κ2) is 5.70. The Bertz CT molecular complexity index is 969. The van der Waals surface area contributed by atoms with Gasteiger partial charge in [0.1, 0.15) is 0 Å². The zero-order chi connectivity index (χ0) is 18.9. The molecule has 1 aliphatic heterocycles. The summed E-state index contributed by atoms with van der Waals surface area (Å²) >= 11 is 0. The molecule has 0 aromatic heterocycles. The molecule has 4 unspecified atom stereocenters. The Hall–Kier alpha value is -2.13. The molecule has 28 heavy (non-hydrogen) atoms. The van der Waals surface area contributed by atoms with Crippen molar-refractivity contribution in [2.75, 3.05) is 13.1 Å². The minimum atomic E-state index is -0.568. The summed E-state index contributed by atoms with van der Waals surface area (Å²) in [5.74, 6) is -0.176. The van der Waals surface area contributed by atoms with E-state index >= 15 is 0 Å².